The van der Waals surface area contributed by atoms with Crippen LogP contribution < -0.4 is 10.3 Å². The van der Waals surface area contributed by atoms with Crippen molar-refractivity contribution in [2.75, 3.05) is 12.9 Å². The van der Waals surface area contributed by atoms with E-state index in [1.54, 1.807) is 24.9 Å². The first-order valence-corrected chi connectivity index (χ1v) is 10.6. The summed E-state index contributed by atoms with van der Waals surface area (Å²) in [5, 5.41) is 11.3. The molecule has 0 fully saturated rings. The van der Waals surface area contributed by atoms with Gasteiger partial charge < -0.3 is 9.72 Å². The van der Waals surface area contributed by atoms with E-state index < -0.39 is 0 Å². The molecule has 0 atom stereocenters. The van der Waals surface area contributed by atoms with Crippen LogP contribution in [0.2, 0.25) is 0 Å². The lowest BCUT2D eigenvalue weighted by molar-refractivity contribution is 0.415. The van der Waals surface area contributed by atoms with E-state index >= 15 is 0 Å². The zero-order valence-corrected chi connectivity index (χ0v) is 17.4. The van der Waals surface area contributed by atoms with E-state index in [4.69, 9.17) is 4.74 Å². The number of aromatic amines is 1. The maximum atomic E-state index is 12.3. The zero-order valence-electron chi connectivity index (χ0n) is 16.5. The molecule has 3 aromatic heterocycles. The van der Waals surface area contributed by atoms with Gasteiger partial charge >= 0.3 is 0 Å². The molecule has 0 aliphatic heterocycles. The predicted octanol–water partition coefficient (Wildman–Crippen LogP) is 3.77. The Bertz CT molecular complexity index is 1460. The molecule has 2 aromatic carbocycles. The van der Waals surface area contributed by atoms with Crippen LogP contribution in [0.25, 0.3) is 27.5 Å². The van der Waals surface area contributed by atoms with Crippen LogP contribution in [-0.2, 0) is 6.42 Å². The summed E-state index contributed by atoms with van der Waals surface area (Å²) < 4.78 is 7.46. The van der Waals surface area contributed by atoms with Crippen LogP contribution in [-0.4, -0.2) is 37.4 Å². The Morgan fingerprint density at radius 1 is 1.10 bits per heavy atom. The normalized spacial score (nSPS) is 11.5. The van der Waals surface area contributed by atoms with Crippen LogP contribution in [0.4, 0.5) is 0 Å². The molecular formula is C22H19N5O2S. The highest BCUT2D eigenvalue weighted by Crippen LogP contribution is 2.28. The number of pyridine rings is 1. The Morgan fingerprint density at radius 3 is 2.83 bits per heavy atom. The number of ether oxygens (including phenoxy) is 1. The Balaban J connectivity index is 1.46. The number of benzene rings is 2. The van der Waals surface area contributed by atoms with Gasteiger partial charge in [0.2, 0.25) is 0 Å². The van der Waals surface area contributed by atoms with Gasteiger partial charge in [0, 0.05) is 23.6 Å². The van der Waals surface area contributed by atoms with Crippen LogP contribution in [0.15, 0.2) is 58.5 Å². The Kier molecular flexibility index (Phi) is 4.63. The number of hydrogen-bond acceptors (Lipinski definition) is 6. The zero-order chi connectivity index (χ0) is 20.7. The van der Waals surface area contributed by atoms with Crippen LogP contribution in [0, 0.1) is 6.92 Å². The molecule has 0 aliphatic carbocycles. The first-order chi connectivity index (χ1) is 14.6. The first-order valence-electron chi connectivity index (χ1n) is 9.57. The largest absolute Gasteiger partial charge is 0.497 e. The molecular weight excluding hydrogens is 398 g/mol. The average molecular weight is 417 g/mol. The highest BCUT2D eigenvalue weighted by Gasteiger charge is 2.13. The van der Waals surface area contributed by atoms with Crippen LogP contribution in [0.1, 0.15) is 11.4 Å². The Morgan fingerprint density at radius 2 is 1.97 bits per heavy atom. The molecule has 0 aliphatic rings. The molecule has 30 heavy (non-hydrogen) atoms. The highest BCUT2D eigenvalue weighted by molar-refractivity contribution is 7.99. The Hall–Kier alpha value is -3.39. The van der Waals surface area contributed by atoms with Crippen molar-refractivity contribution in [3.63, 3.8) is 0 Å². The number of H-pyrrole nitrogens is 1. The monoisotopic (exact) mass is 417 g/mol. The van der Waals surface area contributed by atoms with Gasteiger partial charge in [0.15, 0.2) is 10.8 Å². The van der Waals surface area contributed by atoms with E-state index in [0.717, 1.165) is 33.0 Å². The topological polar surface area (TPSA) is 85.2 Å². The van der Waals surface area contributed by atoms with Gasteiger partial charge in [0.05, 0.1) is 23.5 Å². The number of nitrogens with one attached hydrogen (secondary N) is 1. The number of rotatable bonds is 5. The van der Waals surface area contributed by atoms with Crippen LogP contribution in [0.3, 0.4) is 0 Å². The molecule has 0 radical (unpaired) electrons. The summed E-state index contributed by atoms with van der Waals surface area (Å²) in [4.78, 5) is 19.7. The summed E-state index contributed by atoms with van der Waals surface area (Å²) in [5.41, 5.74) is 3.55. The van der Waals surface area contributed by atoms with E-state index in [-0.39, 0.29) is 5.56 Å². The molecule has 150 valence electrons. The molecule has 1 N–H and O–H groups in total. The van der Waals surface area contributed by atoms with Gasteiger partial charge in [-0.05, 0) is 42.8 Å². The van der Waals surface area contributed by atoms with Crippen molar-refractivity contribution in [3.05, 3.63) is 70.3 Å². The smallest absolute Gasteiger partial charge is 0.258 e. The van der Waals surface area contributed by atoms with Crippen LogP contribution in [0.5, 0.6) is 5.75 Å². The predicted molar refractivity (Wildman–Crippen MR) is 119 cm³/mol. The number of thioether (sulfide) groups is 1. The minimum Gasteiger partial charge on any atom is -0.497 e. The van der Waals surface area contributed by atoms with Gasteiger partial charge in [-0.15, -0.1) is 10.2 Å². The van der Waals surface area contributed by atoms with Crippen molar-refractivity contribution in [2.45, 2.75) is 18.5 Å². The summed E-state index contributed by atoms with van der Waals surface area (Å²) in [6.07, 6.45) is 0.618. The number of methoxy groups -OCH3 is 1. The molecule has 0 spiro atoms. The second kappa shape index (κ2) is 7.46. The van der Waals surface area contributed by atoms with Crippen molar-refractivity contribution >= 4 is 39.2 Å². The third-order valence-electron chi connectivity index (χ3n) is 5.11. The average Bonchev–Trinajstić information content (AvgIpc) is 3.16. The molecule has 3 heterocycles. The van der Waals surface area contributed by atoms with Gasteiger partial charge in [0.1, 0.15) is 11.6 Å². The lowest BCUT2D eigenvalue weighted by Crippen LogP contribution is -2.12. The van der Waals surface area contributed by atoms with Gasteiger partial charge in [-0.2, -0.15) is 0 Å². The number of hydrogen-bond donors (Lipinski definition) is 1. The van der Waals surface area contributed by atoms with Crippen molar-refractivity contribution < 1.29 is 4.74 Å². The van der Waals surface area contributed by atoms with Gasteiger partial charge in [-0.1, -0.05) is 23.9 Å². The number of aryl methyl sites for hydroxylation is 2. The molecule has 0 saturated heterocycles. The van der Waals surface area contributed by atoms with E-state index in [1.165, 1.54) is 0 Å². The molecule has 7 nitrogen and oxygen atoms in total. The minimum absolute atomic E-state index is 0.109. The highest BCUT2D eigenvalue weighted by atomic mass is 32.2. The van der Waals surface area contributed by atoms with Crippen molar-refractivity contribution in [3.8, 4) is 5.75 Å². The summed E-state index contributed by atoms with van der Waals surface area (Å²) in [5.74, 6) is 2.17. The first kappa shape index (κ1) is 18.6. The van der Waals surface area contributed by atoms with E-state index in [2.05, 4.69) is 33.2 Å². The van der Waals surface area contributed by atoms with Gasteiger partial charge in [-0.3, -0.25) is 9.20 Å². The molecule has 0 saturated carbocycles. The summed E-state index contributed by atoms with van der Waals surface area (Å²) >= 11 is 1.58. The fourth-order valence-corrected chi connectivity index (χ4v) is 4.51. The number of nitrogens with zero attached hydrogens (tertiary/aromatic N) is 4. The molecule has 5 aromatic rings. The molecule has 8 heteroatoms. The van der Waals surface area contributed by atoms with Gasteiger partial charge in [-0.25, -0.2) is 4.98 Å². The maximum absolute atomic E-state index is 12.3. The summed E-state index contributed by atoms with van der Waals surface area (Å²) in [6, 6.07) is 15.4. The van der Waals surface area contributed by atoms with E-state index in [9.17, 15) is 4.79 Å². The second-order valence-corrected chi connectivity index (χ2v) is 8.08. The Labute approximate surface area is 176 Å². The SMILES string of the molecule is COc1ccc2c(C)cc3nnc(SCCc4nc5ccccc5c(=O)[nH]4)n3c2c1. The fraction of sp³-hybridized carbons (Fsp3) is 0.182. The number of fused-ring (bicyclic) bond motifs is 4. The molecule has 0 amide bonds. The van der Waals surface area contributed by atoms with Crippen molar-refractivity contribution in [1.82, 2.24) is 24.6 Å². The fourth-order valence-electron chi connectivity index (χ4n) is 3.62. The number of aromatic nitrogens is 5. The third-order valence-corrected chi connectivity index (χ3v) is 6.04. The minimum atomic E-state index is -0.109. The van der Waals surface area contributed by atoms with Crippen molar-refractivity contribution in [2.24, 2.45) is 0 Å². The second-order valence-electron chi connectivity index (χ2n) is 7.01. The number of para-hydroxylation sites is 1. The summed E-state index contributed by atoms with van der Waals surface area (Å²) in [6.45, 7) is 2.07. The summed E-state index contributed by atoms with van der Waals surface area (Å²) in [7, 11) is 1.66. The lowest BCUT2D eigenvalue weighted by atomic mass is 10.1. The third kappa shape index (κ3) is 3.19. The standard InChI is InChI=1S/C22H19N5O2S/c1-13-11-20-25-26-22(27(20)18-12-14(29-2)7-8-15(13)18)30-10-9-19-23-17-6-4-3-5-16(17)21(28)24-19/h3-8,11-12H,9-10H2,1-2H3,(H,23,24,28). The lowest BCUT2D eigenvalue weighted by Gasteiger charge is -2.09. The quantitative estimate of drug-likeness (QED) is 0.438. The van der Waals surface area contributed by atoms with Crippen molar-refractivity contribution in [1.29, 1.82) is 0 Å². The molecule has 5 rings (SSSR count). The molecule has 0 unspecified atom stereocenters. The molecule has 0 bridgehead atoms. The van der Waals surface area contributed by atoms with Gasteiger partial charge in [0.25, 0.3) is 5.56 Å². The van der Waals surface area contributed by atoms with E-state index in [1.807, 2.05) is 40.8 Å². The maximum Gasteiger partial charge on any atom is 0.258 e. The van der Waals surface area contributed by atoms with Crippen LogP contribution >= 0.6 is 11.8 Å². The van der Waals surface area contributed by atoms with E-state index in [0.29, 0.717) is 28.9 Å².